The topological polar surface area (TPSA) is 145 Å². The van der Waals surface area contributed by atoms with Gasteiger partial charge in [-0.1, -0.05) is 6.07 Å². The van der Waals surface area contributed by atoms with Crippen molar-refractivity contribution in [2.24, 2.45) is 0 Å². The van der Waals surface area contributed by atoms with Crippen molar-refractivity contribution in [2.75, 3.05) is 25.1 Å². The van der Waals surface area contributed by atoms with Crippen LogP contribution in [0.4, 0.5) is 10.5 Å². The first-order valence-corrected chi connectivity index (χ1v) is 13.3. The molecule has 1 fully saturated rings. The molecule has 196 valence electrons. The maximum atomic E-state index is 12.8. The van der Waals surface area contributed by atoms with Crippen molar-refractivity contribution in [2.45, 2.75) is 25.7 Å². The van der Waals surface area contributed by atoms with E-state index in [1.165, 1.54) is 55.5 Å². The third-order valence-corrected chi connectivity index (χ3v) is 6.85. The number of carbonyl (C=O) groups excluding carboxylic acids is 4. The van der Waals surface area contributed by atoms with Crippen LogP contribution in [-0.4, -0.2) is 56.1 Å². The molecule has 0 saturated carbocycles. The molecule has 2 aromatic carbocycles. The number of carbonyl (C=O) groups is 4. The van der Waals surface area contributed by atoms with Gasteiger partial charge in [-0.3, -0.25) is 24.1 Å². The highest BCUT2D eigenvalue weighted by Gasteiger charge is 2.36. The van der Waals surface area contributed by atoms with Gasteiger partial charge in [0.25, 0.3) is 11.1 Å². The molecular weight excluding hydrogens is 524 g/mol. The first kappa shape index (κ1) is 27.7. The highest BCUT2D eigenvalue weighted by Crippen LogP contribution is 2.35. The number of amides is 3. The first-order chi connectivity index (χ1) is 17.5. The van der Waals surface area contributed by atoms with E-state index >= 15 is 0 Å². The minimum atomic E-state index is -4.24. The average Bonchev–Trinajstić information content (AvgIpc) is 3.08. The summed E-state index contributed by atoms with van der Waals surface area (Å²) in [5.74, 6) is -1.62. The Bertz CT molecular complexity index is 1350. The van der Waals surface area contributed by atoms with Gasteiger partial charge in [-0.15, -0.1) is 0 Å². The SMILES string of the molecule is CCOC(=O)CN1C(=O)S/C(=C\c2ccc(OS(=O)(=O)c3ccc(NC(C)=O)cc3)c(OCC)c2)C1=O. The number of anilines is 1. The molecule has 13 heteroatoms. The minimum absolute atomic E-state index is 0.0808. The van der Waals surface area contributed by atoms with Crippen LogP contribution in [0.15, 0.2) is 52.3 Å². The van der Waals surface area contributed by atoms with E-state index in [2.05, 4.69) is 5.32 Å². The molecule has 1 saturated heterocycles. The smallest absolute Gasteiger partial charge is 0.339 e. The highest BCUT2D eigenvalue weighted by atomic mass is 32.2. The van der Waals surface area contributed by atoms with Gasteiger partial charge in [0, 0.05) is 12.6 Å². The van der Waals surface area contributed by atoms with Gasteiger partial charge in [0.15, 0.2) is 11.5 Å². The second-order valence-electron chi connectivity index (χ2n) is 7.46. The molecule has 1 aliphatic heterocycles. The Morgan fingerprint density at radius 3 is 2.35 bits per heavy atom. The zero-order chi connectivity index (χ0) is 27.2. The summed E-state index contributed by atoms with van der Waals surface area (Å²) >= 11 is 0.669. The van der Waals surface area contributed by atoms with E-state index in [9.17, 15) is 27.6 Å². The van der Waals surface area contributed by atoms with Crippen molar-refractivity contribution >= 4 is 56.7 Å². The number of rotatable bonds is 10. The van der Waals surface area contributed by atoms with Crippen molar-refractivity contribution in [3.63, 3.8) is 0 Å². The summed E-state index contributed by atoms with van der Waals surface area (Å²) in [5, 5.41) is 1.94. The number of benzene rings is 2. The highest BCUT2D eigenvalue weighted by molar-refractivity contribution is 8.18. The lowest BCUT2D eigenvalue weighted by molar-refractivity contribution is -0.146. The molecule has 0 bridgehead atoms. The molecule has 11 nitrogen and oxygen atoms in total. The largest absolute Gasteiger partial charge is 0.490 e. The summed E-state index contributed by atoms with van der Waals surface area (Å²) in [5.41, 5.74) is 0.868. The van der Waals surface area contributed by atoms with Crippen molar-refractivity contribution in [3.8, 4) is 11.5 Å². The lowest BCUT2D eigenvalue weighted by atomic mass is 10.2. The van der Waals surface area contributed by atoms with Gasteiger partial charge in [0.05, 0.1) is 18.1 Å². The summed E-state index contributed by atoms with van der Waals surface area (Å²) in [7, 11) is -4.24. The Labute approximate surface area is 217 Å². The predicted octanol–water partition coefficient (Wildman–Crippen LogP) is 3.41. The summed E-state index contributed by atoms with van der Waals surface area (Å²) in [4.78, 5) is 48.4. The Hall–Kier alpha value is -3.84. The fraction of sp³-hybridized carbons (Fsp3) is 0.250. The minimum Gasteiger partial charge on any atom is -0.490 e. The van der Waals surface area contributed by atoms with Crippen LogP contribution < -0.4 is 14.2 Å². The molecule has 1 aliphatic rings. The number of thioether (sulfide) groups is 1. The van der Waals surface area contributed by atoms with Gasteiger partial charge in [0.1, 0.15) is 11.4 Å². The van der Waals surface area contributed by atoms with Gasteiger partial charge >= 0.3 is 16.1 Å². The van der Waals surface area contributed by atoms with Crippen LogP contribution in [-0.2, 0) is 29.2 Å². The van der Waals surface area contributed by atoms with Crippen LogP contribution >= 0.6 is 11.8 Å². The van der Waals surface area contributed by atoms with Crippen molar-refractivity contribution in [1.29, 1.82) is 0 Å². The molecule has 1 heterocycles. The number of esters is 1. The predicted molar refractivity (Wildman–Crippen MR) is 135 cm³/mol. The lowest BCUT2D eigenvalue weighted by Gasteiger charge is -2.13. The van der Waals surface area contributed by atoms with Gasteiger partial charge in [-0.25, -0.2) is 0 Å². The van der Waals surface area contributed by atoms with E-state index in [1.807, 2.05) is 0 Å². The second kappa shape index (κ2) is 11.9. The number of hydrogen-bond acceptors (Lipinski definition) is 10. The molecule has 0 aliphatic carbocycles. The van der Waals surface area contributed by atoms with Gasteiger partial charge in [-0.05, 0) is 73.6 Å². The molecule has 1 N–H and O–H groups in total. The van der Waals surface area contributed by atoms with Gasteiger partial charge in [0.2, 0.25) is 5.91 Å². The van der Waals surface area contributed by atoms with Crippen LogP contribution in [0.3, 0.4) is 0 Å². The van der Waals surface area contributed by atoms with Crippen molar-refractivity contribution in [3.05, 3.63) is 52.9 Å². The van der Waals surface area contributed by atoms with Crippen LogP contribution in [0.5, 0.6) is 11.5 Å². The number of imide groups is 1. The Morgan fingerprint density at radius 2 is 1.73 bits per heavy atom. The zero-order valence-corrected chi connectivity index (χ0v) is 21.8. The van der Waals surface area contributed by atoms with Crippen molar-refractivity contribution < 1.29 is 41.3 Å². The zero-order valence-electron chi connectivity index (χ0n) is 20.2. The summed E-state index contributed by atoms with van der Waals surface area (Å²) in [6.45, 7) is 4.48. The third kappa shape index (κ3) is 7.11. The average molecular weight is 549 g/mol. The second-order valence-corrected chi connectivity index (χ2v) is 9.99. The Balaban J connectivity index is 1.82. The number of nitrogens with zero attached hydrogens (tertiary/aromatic N) is 1. The maximum absolute atomic E-state index is 12.8. The fourth-order valence-electron chi connectivity index (χ4n) is 3.15. The van der Waals surface area contributed by atoms with Crippen LogP contribution in [0.2, 0.25) is 0 Å². The molecule has 37 heavy (non-hydrogen) atoms. The molecule has 0 atom stereocenters. The molecule has 0 spiro atoms. The van der Waals surface area contributed by atoms with Crippen molar-refractivity contribution in [1.82, 2.24) is 4.90 Å². The van der Waals surface area contributed by atoms with E-state index in [4.69, 9.17) is 13.7 Å². The standard InChI is InChI=1S/C24H24N2O9S2/c1-4-33-20-12-16(13-21-23(29)26(24(30)36-21)14-22(28)34-5-2)6-11-19(20)35-37(31,32)18-9-7-17(8-10-18)25-15(3)27/h6-13H,4-5,14H2,1-3H3,(H,25,27)/b21-13-. The van der Waals surface area contributed by atoms with E-state index in [-0.39, 0.29) is 40.4 Å². The quantitative estimate of drug-likeness (QED) is 0.266. The maximum Gasteiger partial charge on any atom is 0.339 e. The molecular formula is C24H24N2O9S2. The number of hydrogen-bond donors (Lipinski definition) is 1. The van der Waals surface area contributed by atoms with Crippen LogP contribution in [0.1, 0.15) is 26.3 Å². The lowest BCUT2D eigenvalue weighted by Crippen LogP contribution is -2.34. The van der Waals surface area contributed by atoms with E-state index in [0.29, 0.717) is 23.0 Å². The summed E-state index contributed by atoms with van der Waals surface area (Å²) in [6, 6.07) is 9.77. The third-order valence-electron chi connectivity index (χ3n) is 4.69. The first-order valence-electron chi connectivity index (χ1n) is 11.0. The monoisotopic (exact) mass is 548 g/mol. The summed E-state index contributed by atoms with van der Waals surface area (Å²) < 4.78 is 41.2. The Kier molecular flexibility index (Phi) is 8.95. The molecule has 0 aromatic heterocycles. The normalized spacial score (nSPS) is 14.6. The van der Waals surface area contributed by atoms with E-state index < -0.39 is 33.8 Å². The Morgan fingerprint density at radius 1 is 1.03 bits per heavy atom. The molecule has 3 amide bonds. The van der Waals surface area contributed by atoms with Gasteiger partial charge in [-0.2, -0.15) is 8.42 Å². The van der Waals surface area contributed by atoms with Crippen LogP contribution in [0.25, 0.3) is 6.08 Å². The molecule has 2 aromatic rings. The fourth-order valence-corrected chi connectivity index (χ4v) is 4.93. The molecule has 3 rings (SSSR count). The molecule has 0 unspecified atom stereocenters. The molecule has 0 radical (unpaired) electrons. The number of nitrogens with one attached hydrogen (secondary N) is 1. The van der Waals surface area contributed by atoms with E-state index in [1.54, 1.807) is 13.8 Å². The summed E-state index contributed by atoms with van der Waals surface area (Å²) in [6.07, 6.45) is 1.43. The van der Waals surface area contributed by atoms with Crippen LogP contribution in [0, 0.1) is 0 Å². The number of ether oxygens (including phenoxy) is 2. The van der Waals surface area contributed by atoms with E-state index in [0.717, 1.165) is 4.90 Å². The van der Waals surface area contributed by atoms with Gasteiger partial charge < -0.3 is 19.0 Å².